The van der Waals surface area contributed by atoms with Crippen LogP contribution >= 0.6 is 0 Å². The second-order valence-corrected chi connectivity index (χ2v) is 5.46. The third kappa shape index (κ3) is 3.16. The number of nitrogens with one attached hydrogen (secondary N) is 1. The van der Waals surface area contributed by atoms with Crippen molar-refractivity contribution >= 4 is 0 Å². The number of hydrazine groups is 1. The largest absolute Gasteiger partial charge is 0.493 e. The monoisotopic (exact) mass is 306 g/mol. The Bertz CT molecular complexity index is 474. The third-order valence-electron chi connectivity index (χ3n) is 4.31. The number of nitrogens with two attached hydrogens (primary N) is 1. The van der Waals surface area contributed by atoms with E-state index < -0.39 is 24.1 Å². The van der Waals surface area contributed by atoms with Gasteiger partial charge in [0, 0.05) is 7.05 Å². The highest BCUT2D eigenvalue weighted by Crippen LogP contribution is 2.47. The maximum absolute atomic E-state index is 13.3. The number of rotatable bonds is 4. The van der Waals surface area contributed by atoms with Crippen molar-refractivity contribution in [2.75, 3.05) is 7.11 Å². The summed E-state index contributed by atoms with van der Waals surface area (Å²) in [5, 5.41) is 4.05. The van der Waals surface area contributed by atoms with Crippen molar-refractivity contribution in [3.63, 3.8) is 0 Å². The molecule has 5 nitrogen and oxygen atoms in total. The number of halogens is 3. The van der Waals surface area contributed by atoms with Gasteiger partial charge in [-0.3, -0.25) is 16.0 Å². The predicted octanol–water partition coefficient (Wildman–Crippen LogP) is 2.30. The predicted molar refractivity (Wildman–Crippen MR) is 71.3 cm³/mol. The Morgan fingerprint density at radius 2 is 2.10 bits per heavy atom. The molecule has 21 heavy (non-hydrogen) atoms. The summed E-state index contributed by atoms with van der Waals surface area (Å²) in [6.45, 7) is 0. The molecule has 0 spiro atoms. The molecule has 0 aliphatic heterocycles. The van der Waals surface area contributed by atoms with Gasteiger partial charge in [0.2, 0.25) is 0 Å². The van der Waals surface area contributed by atoms with E-state index in [1.165, 1.54) is 18.0 Å². The Morgan fingerprint density at radius 3 is 2.67 bits per heavy atom. The highest BCUT2D eigenvalue weighted by molar-refractivity contribution is 5.29. The van der Waals surface area contributed by atoms with Gasteiger partial charge in [0.1, 0.15) is 0 Å². The van der Waals surface area contributed by atoms with Gasteiger partial charge in [-0.15, -0.1) is 0 Å². The summed E-state index contributed by atoms with van der Waals surface area (Å²) >= 11 is 0. The van der Waals surface area contributed by atoms with Crippen LogP contribution in [-0.4, -0.2) is 23.1 Å². The molecule has 0 saturated heterocycles. The maximum atomic E-state index is 13.3. The Balaban J connectivity index is 2.36. The van der Waals surface area contributed by atoms with Crippen LogP contribution in [0.4, 0.5) is 13.2 Å². The van der Waals surface area contributed by atoms with E-state index in [2.05, 4.69) is 10.5 Å². The molecule has 1 aromatic heterocycles. The number of aryl methyl sites for hydroxylation is 1. The quantitative estimate of drug-likeness (QED) is 0.662. The van der Waals surface area contributed by atoms with Crippen LogP contribution in [0.2, 0.25) is 0 Å². The molecule has 1 heterocycles. The van der Waals surface area contributed by atoms with Gasteiger partial charge in [-0.1, -0.05) is 12.8 Å². The summed E-state index contributed by atoms with van der Waals surface area (Å²) < 4.78 is 46.6. The smallest absolute Gasteiger partial charge is 0.392 e. The van der Waals surface area contributed by atoms with Gasteiger partial charge in [0.05, 0.1) is 31.0 Å². The van der Waals surface area contributed by atoms with E-state index in [4.69, 9.17) is 10.6 Å². The zero-order valence-corrected chi connectivity index (χ0v) is 12.2. The fraction of sp³-hybridized carbons (Fsp3) is 0.769. The molecule has 3 atom stereocenters. The molecule has 1 aromatic rings. The van der Waals surface area contributed by atoms with Crippen LogP contribution in [0, 0.1) is 11.8 Å². The van der Waals surface area contributed by atoms with Crippen molar-refractivity contribution in [1.82, 2.24) is 15.2 Å². The standard InChI is InChI=1S/C13H21F3N4O/c1-20-12(10(21-2)7-18-20)11(19-17)8-5-3-4-6-9(8)13(14,15)16/h7-9,11,19H,3-6,17H2,1-2H3. The van der Waals surface area contributed by atoms with E-state index in [0.29, 0.717) is 24.3 Å². The molecule has 3 unspecified atom stereocenters. The number of nitrogens with zero attached hydrogens (tertiary/aromatic N) is 2. The number of ether oxygens (including phenoxy) is 1. The lowest BCUT2D eigenvalue weighted by Crippen LogP contribution is -2.43. The highest BCUT2D eigenvalue weighted by Gasteiger charge is 2.48. The molecule has 1 saturated carbocycles. The first kappa shape index (κ1) is 16.1. The average Bonchev–Trinajstić information content (AvgIpc) is 2.81. The summed E-state index contributed by atoms with van der Waals surface area (Å²) in [4.78, 5) is 0. The topological polar surface area (TPSA) is 65.1 Å². The van der Waals surface area contributed by atoms with Crippen molar-refractivity contribution in [2.24, 2.45) is 24.7 Å². The van der Waals surface area contributed by atoms with E-state index in [1.807, 2.05) is 0 Å². The maximum Gasteiger partial charge on any atom is 0.392 e. The van der Waals surface area contributed by atoms with E-state index in [-0.39, 0.29) is 6.42 Å². The van der Waals surface area contributed by atoms with Crippen LogP contribution in [0.1, 0.15) is 37.4 Å². The molecule has 120 valence electrons. The second-order valence-electron chi connectivity index (χ2n) is 5.46. The van der Waals surface area contributed by atoms with Crippen molar-refractivity contribution < 1.29 is 17.9 Å². The van der Waals surface area contributed by atoms with Gasteiger partial charge >= 0.3 is 6.18 Å². The van der Waals surface area contributed by atoms with Gasteiger partial charge in [-0.05, 0) is 18.8 Å². The SMILES string of the molecule is COc1cnn(C)c1C(NN)C1CCCCC1C(F)(F)F. The number of hydrogen-bond acceptors (Lipinski definition) is 4. The summed E-state index contributed by atoms with van der Waals surface area (Å²) in [6.07, 6.45) is -0.729. The molecule has 0 radical (unpaired) electrons. The molecule has 0 amide bonds. The molecule has 2 rings (SSSR count). The lowest BCUT2D eigenvalue weighted by molar-refractivity contribution is -0.199. The minimum Gasteiger partial charge on any atom is -0.493 e. The lowest BCUT2D eigenvalue weighted by atomic mass is 9.74. The Hall–Kier alpha value is -1.28. The van der Waals surface area contributed by atoms with Gasteiger partial charge < -0.3 is 4.74 Å². The molecule has 0 aromatic carbocycles. The third-order valence-corrected chi connectivity index (χ3v) is 4.31. The van der Waals surface area contributed by atoms with Crippen molar-refractivity contribution in [2.45, 2.75) is 37.9 Å². The van der Waals surface area contributed by atoms with E-state index >= 15 is 0 Å². The highest BCUT2D eigenvalue weighted by atomic mass is 19.4. The van der Waals surface area contributed by atoms with Crippen molar-refractivity contribution in [1.29, 1.82) is 0 Å². The lowest BCUT2D eigenvalue weighted by Gasteiger charge is -2.37. The molecular weight excluding hydrogens is 285 g/mol. The molecule has 0 bridgehead atoms. The zero-order chi connectivity index (χ0) is 15.6. The van der Waals surface area contributed by atoms with Crippen LogP contribution in [0.25, 0.3) is 0 Å². The first-order chi connectivity index (χ1) is 9.90. The van der Waals surface area contributed by atoms with Gasteiger partial charge in [0.25, 0.3) is 0 Å². The van der Waals surface area contributed by atoms with E-state index in [9.17, 15) is 13.2 Å². The van der Waals surface area contributed by atoms with Gasteiger partial charge in [-0.2, -0.15) is 18.3 Å². The Kier molecular flexibility index (Phi) is 4.77. The van der Waals surface area contributed by atoms with Gasteiger partial charge in [-0.25, -0.2) is 0 Å². The normalized spacial score (nSPS) is 24.9. The van der Waals surface area contributed by atoms with Crippen LogP contribution in [-0.2, 0) is 7.05 Å². The second kappa shape index (κ2) is 6.23. The Labute approximate surface area is 121 Å². The first-order valence-electron chi connectivity index (χ1n) is 6.98. The molecule has 1 aliphatic carbocycles. The number of hydrogen-bond donors (Lipinski definition) is 2. The van der Waals surface area contributed by atoms with Crippen molar-refractivity contribution in [3.05, 3.63) is 11.9 Å². The van der Waals surface area contributed by atoms with Crippen LogP contribution in [0.5, 0.6) is 5.75 Å². The summed E-state index contributed by atoms with van der Waals surface area (Å²) in [7, 11) is 3.14. The number of methoxy groups -OCH3 is 1. The first-order valence-corrected chi connectivity index (χ1v) is 6.98. The number of aromatic nitrogens is 2. The fourth-order valence-corrected chi connectivity index (χ4v) is 3.31. The molecule has 1 fully saturated rings. The van der Waals surface area contributed by atoms with E-state index in [1.54, 1.807) is 7.05 Å². The van der Waals surface area contributed by atoms with Gasteiger partial charge in [0.15, 0.2) is 5.75 Å². The minimum atomic E-state index is -4.22. The molecular formula is C13H21F3N4O. The van der Waals surface area contributed by atoms with Crippen LogP contribution < -0.4 is 16.0 Å². The summed E-state index contributed by atoms with van der Waals surface area (Å²) in [5.41, 5.74) is 3.11. The number of alkyl halides is 3. The minimum absolute atomic E-state index is 0.145. The van der Waals surface area contributed by atoms with Crippen LogP contribution in [0.15, 0.2) is 6.20 Å². The molecule has 1 aliphatic rings. The Morgan fingerprint density at radius 1 is 1.43 bits per heavy atom. The van der Waals surface area contributed by atoms with Crippen molar-refractivity contribution in [3.8, 4) is 5.75 Å². The summed E-state index contributed by atoms with van der Waals surface area (Å²) in [6, 6.07) is -0.639. The van der Waals surface area contributed by atoms with E-state index in [0.717, 1.165) is 6.42 Å². The zero-order valence-electron chi connectivity index (χ0n) is 12.2. The molecule has 3 N–H and O–H groups in total. The molecule has 8 heteroatoms. The fourth-order valence-electron chi connectivity index (χ4n) is 3.31. The van der Waals surface area contributed by atoms with Crippen LogP contribution in [0.3, 0.4) is 0 Å². The summed E-state index contributed by atoms with van der Waals surface area (Å²) in [5.74, 6) is 4.06. The average molecular weight is 306 g/mol.